The third-order valence-corrected chi connectivity index (χ3v) is 1.72. The van der Waals surface area contributed by atoms with Crippen LogP contribution in [0, 0.1) is 0 Å². The molecule has 2 atom stereocenters. The summed E-state index contributed by atoms with van der Waals surface area (Å²) in [6.45, 7) is 1.45. The molecule has 0 unspecified atom stereocenters. The second kappa shape index (κ2) is 7.89. The molecular formula is C8H16ClN3O4. The van der Waals surface area contributed by atoms with Gasteiger partial charge in [-0.3, -0.25) is 14.4 Å². The largest absolute Gasteiger partial charge is 0.481 e. The van der Waals surface area contributed by atoms with E-state index in [2.05, 4.69) is 5.32 Å². The molecule has 0 bridgehead atoms. The lowest BCUT2D eigenvalue weighted by Gasteiger charge is -2.15. The highest BCUT2D eigenvalue weighted by Crippen LogP contribution is 1.97. The van der Waals surface area contributed by atoms with Gasteiger partial charge in [0.25, 0.3) is 0 Å². The van der Waals surface area contributed by atoms with Gasteiger partial charge in [-0.1, -0.05) is 0 Å². The molecule has 0 aromatic rings. The highest BCUT2D eigenvalue weighted by atomic mass is 35.5. The van der Waals surface area contributed by atoms with Crippen LogP contribution in [0.4, 0.5) is 0 Å². The smallest absolute Gasteiger partial charge is 0.303 e. The minimum absolute atomic E-state index is 0. The van der Waals surface area contributed by atoms with Crippen molar-refractivity contribution in [2.45, 2.75) is 31.8 Å². The molecule has 0 saturated carbocycles. The number of rotatable bonds is 6. The Morgan fingerprint density at radius 1 is 1.38 bits per heavy atom. The molecule has 2 amide bonds. The molecule has 0 aliphatic carbocycles. The molecule has 0 fully saturated rings. The van der Waals surface area contributed by atoms with Gasteiger partial charge in [0, 0.05) is 6.42 Å². The van der Waals surface area contributed by atoms with Crippen LogP contribution in [0.2, 0.25) is 0 Å². The predicted molar refractivity (Wildman–Crippen MR) is 58.9 cm³/mol. The Hall–Kier alpha value is -1.34. The summed E-state index contributed by atoms with van der Waals surface area (Å²) >= 11 is 0. The standard InChI is InChI=1S/C8H15N3O4.ClH/c1-4(9)8(15)11-5(7(10)14)2-3-6(12)13;/h4-5H,2-3,9H2,1H3,(H2,10,14)(H,11,15)(H,12,13);1H/t4-,5+;/m0./s1. The van der Waals surface area contributed by atoms with Gasteiger partial charge in [-0.25, -0.2) is 0 Å². The van der Waals surface area contributed by atoms with E-state index in [0.717, 1.165) is 0 Å². The summed E-state index contributed by atoms with van der Waals surface area (Å²) < 4.78 is 0. The number of halogens is 1. The molecule has 0 radical (unpaired) electrons. The number of carbonyl (C=O) groups excluding carboxylic acids is 2. The molecule has 94 valence electrons. The van der Waals surface area contributed by atoms with Crippen LogP contribution in [0.25, 0.3) is 0 Å². The van der Waals surface area contributed by atoms with Gasteiger partial charge in [0.1, 0.15) is 6.04 Å². The van der Waals surface area contributed by atoms with Crippen molar-refractivity contribution in [2.75, 3.05) is 0 Å². The van der Waals surface area contributed by atoms with Gasteiger partial charge in [0.15, 0.2) is 0 Å². The van der Waals surface area contributed by atoms with Crippen molar-refractivity contribution < 1.29 is 19.5 Å². The average molecular weight is 254 g/mol. The Bertz CT molecular complexity index is 270. The van der Waals surface area contributed by atoms with Crippen LogP contribution in [-0.2, 0) is 14.4 Å². The highest BCUT2D eigenvalue weighted by Gasteiger charge is 2.20. The lowest BCUT2D eigenvalue weighted by atomic mass is 10.1. The molecule has 6 N–H and O–H groups in total. The summed E-state index contributed by atoms with van der Waals surface area (Å²) in [5, 5.41) is 10.7. The number of amides is 2. The summed E-state index contributed by atoms with van der Waals surface area (Å²) in [7, 11) is 0. The van der Waals surface area contributed by atoms with Gasteiger partial charge < -0.3 is 21.9 Å². The van der Waals surface area contributed by atoms with Gasteiger partial charge in [0.2, 0.25) is 11.8 Å². The Labute approximate surface area is 99.0 Å². The molecule has 16 heavy (non-hydrogen) atoms. The summed E-state index contributed by atoms with van der Waals surface area (Å²) in [6, 6.07) is -1.75. The van der Waals surface area contributed by atoms with E-state index in [1.165, 1.54) is 6.92 Å². The lowest BCUT2D eigenvalue weighted by Crippen LogP contribution is -2.49. The maximum atomic E-state index is 11.1. The summed E-state index contributed by atoms with van der Waals surface area (Å²) in [6.07, 6.45) is -0.282. The monoisotopic (exact) mass is 253 g/mol. The van der Waals surface area contributed by atoms with Gasteiger partial charge in [-0.05, 0) is 13.3 Å². The van der Waals surface area contributed by atoms with Gasteiger partial charge in [-0.2, -0.15) is 0 Å². The minimum atomic E-state index is -1.06. The second-order valence-electron chi connectivity index (χ2n) is 3.18. The molecule has 0 heterocycles. The number of nitrogens with one attached hydrogen (secondary N) is 1. The van der Waals surface area contributed by atoms with Crippen LogP contribution in [0.1, 0.15) is 19.8 Å². The van der Waals surface area contributed by atoms with E-state index in [0.29, 0.717) is 0 Å². The molecule has 0 aromatic carbocycles. The predicted octanol–water partition coefficient (Wildman–Crippen LogP) is -1.41. The highest BCUT2D eigenvalue weighted by molar-refractivity contribution is 5.88. The normalized spacial score (nSPS) is 13.1. The molecule has 7 nitrogen and oxygen atoms in total. The fourth-order valence-corrected chi connectivity index (χ4v) is 0.857. The Morgan fingerprint density at radius 2 is 1.88 bits per heavy atom. The molecule has 0 aliphatic heterocycles. The van der Waals surface area contributed by atoms with Crippen molar-refractivity contribution in [1.82, 2.24) is 5.32 Å². The van der Waals surface area contributed by atoms with Crippen molar-refractivity contribution in [3.8, 4) is 0 Å². The Balaban J connectivity index is 0. The van der Waals surface area contributed by atoms with E-state index < -0.39 is 29.9 Å². The molecule has 0 aliphatic rings. The van der Waals surface area contributed by atoms with E-state index in [-0.39, 0.29) is 25.2 Å². The Kier molecular flexibility index (Phi) is 8.41. The van der Waals surface area contributed by atoms with Crippen LogP contribution >= 0.6 is 12.4 Å². The van der Waals surface area contributed by atoms with Crippen LogP contribution < -0.4 is 16.8 Å². The number of carboxylic acid groups (broad SMARTS) is 1. The topological polar surface area (TPSA) is 136 Å². The van der Waals surface area contributed by atoms with E-state index in [1.807, 2.05) is 0 Å². The fourth-order valence-electron chi connectivity index (χ4n) is 0.857. The minimum Gasteiger partial charge on any atom is -0.481 e. The molecule has 0 rings (SSSR count). The SMILES string of the molecule is C[C@H](N)C(=O)N[C@H](CCC(=O)O)C(N)=O.Cl. The zero-order valence-corrected chi connectivity index (χ0v) is 9.62. The first kappa shape index (κ1) is 17.1. The van der Waals surface area contributed by atoms with Crippen LogP contribution in [0.3, 0.4) is 0 Å². The first-order chi connectivity index (χ1) is 6.84. The van der Waals surface area contributed by atoms with E-state index >= 15 is 0 Å². The fraction of sp³-hybridized carbons (Fsp3) is 0.625. The molecule has 8 heteroatoms. The molecule has 0 aromatic heterocycles. The number of hydrogen-bond acceptors (Lipinski definition) is 4. The van der Waals surface area contributed by atoms with Gasteiger partial charge in [0.05, 0.1) is 6.04 Å². The number of carboxylic acids is 1. The van der Waals surface area contributed by atoms with Crippen molar-refractivity contribution in [1.29, 1.82) is 0 Å². The van der Waals surface area contributed by atoms with Crippen molar-refractivity contribution in [3.63, 3.8) is 0 Å². The maximum absolute atomic E-state index is 11.1. The van der Waals surface area contributed by atoms with Crippen molar-refractivity contribution in [3.05, 3.63) is 0 Å². The number of hydrogen-bond donors (Lipinski definition) is 4. The van der Waals surface area contributed by atoms with Crippen molar-refractivity contribution >= 4 is 30.2 Å². The number of nitrogens with two attached hydrogens (primary N) is 2. The number of primary amides is 1. The summed E-state index contributed by atoms with van der Waals surface area (Å²) in [5.74, 6) is -2.37. The van der Waals surface area contributed by atoms with E-state index in [4.69, 9.17) is 16.6 Å². The average Bonchev–Trinajstić information content (AvgIpc) is 2.10. The van der Waals surface area contributed by atoms with Crippen LogP contribution in [0.5, 0.6) is 0 Å². The lowest BCUT2D eigenvalue weighted by molar-refractivity contribution is -0.137. The Morgan fingerprint density at radius 3 is 2.19 bits per heavy atom. The molecular weight excluding hydrogens is 238 g/mol. The van der Waals surface area contributed by atoms with E-state index in [9.17, 15) is 14.4 Å². The summed E-state index contributed by atoms with van der Waals surface area (Å²) in [4.78, 5) is 32.2. The first-order valence-electron chi connectivity index (χ1n) is 4.41. The third kappa shape index (κ3) is 7.02. The van der Waals surface area contributed by atoms with Crippen molar-refractivity contribution in [2.24, 2.45) is 11.5 Å². The zero-order chi connectivity index (χ0) is 12.0. The van der Waals surface area contributed by atoms with Gasteiger partial charge in [-0.15, -0.1) is 12.4 Å². The third-order valence-electron chi connectivity index (χ3n) is 1.72. The molecule has 0 saturated heterocycles. The number of carbonyl (C=O) groups is 3. The quantitative estimate of drug-likeness (QED) is 0.461. The maximum Gasteiger partial charge on any atom is 0.303 e. The van der Waals surface area contributed by atoms with E-state index in [1.54, 1.807) is 0 Å². The van der Waals surface area contributed by atoms with Crippen LogP contribution in [-0.4, -0.2) is 35.0 Å². The van der Waals surface area contributed by atoms with Crippen LogP contribution in [0.15, 0.2) is 0 Å². The summed E-state index contributed by atoms with van der Waals surface area (Å²) in [5.41, 5.74) is 10.2. The molecule has 0 spiro atoms. The first-order valence-corrected chi connectivity index (χ1v) is 4.41. The van der Waals surface area contributed by atoms with Gasteiger partial charge >= 0.3 is 5.97 Å². The number of aliphatic carboxylic acids is 1. The zero-order valence-electron chi connectivity index (χ0n) is 8.80. The second-order valence-corrected chi connectivity index (χ2v) is 3.18.